The highest BCUT2D eigenvalue weighted by atomic mass is 16.4. The molecule has 3 N–H and O–H groups in total. The van der Waals surface area contributed by atoms with Gasteiger partial charge in [0.05, 0.1) is 6.10 Å². The maximum Gasteiger partial charge on any atom is 0.317 e. The number of carbonyl (C=O) groups excluding carboxylic acids is 1. The van der Waals surface area contributed by atoms with Gasteiger partial charge in [-0.05, 0) is 30.6 Å². The Hall–Kier alpha value is -1.30. The molecule has 0 aromatic heterocycles. The Labute approximate surface area is 126 Å². The molecule has 1 aliphatic heterocycles. The molecule has 0 radical (unpaired) electrons. The summed E-state index contributed by atoms with van der Waals surface area (Å²) in [6.45, 7) is 7.68. The smallest absolute Gasteiger partial charge is 0.317 e. The summed E-state index contributed by atoms with van der Waals surface area (Å²) in [7, 11) is 0. The molecule has 0 aliphatic carbocycles. The lowest BCUT2D eigenvalue weighted by Gasteiger charge is -2.34. The molecule has 0 aromatic rings. The molecular formula is C15H28N2O4. The number of aliphatic hydroxyl groups is 1. The Morgan fingerprint density at radius 2 is 2.00 bits per heavy atom. The first-order valence-corrected chi connectivity index (χ1v) is 7.64. The molecule has 21 heavy (non-hydrogen) atoms. The number of urea groups is 1. The third-order valence-electron chi connectivity index (χ3n) is 4.24. The molecule has 122 valence electrons. The summed E-state index contributed by atoms with van der Waals surface area (Å²) in [6, 6.07) is -0.0946. The van der Waals surface area contributed by atoms with Crippen LogP contribution in [-0.2, 0) is 4.79 Å². The van der Waals surface area contributed by atoms with E-state index in [1.54, 1.807) is 4.90 Å². The first-order chi connectivity index (χ1) is 9.71. The van der Waals surface area contributed by atoms with Crippen molar-refractivity contribution in [1.29, 1.82) is 0 Å². The summed E-state index contributed by atoms with van der Waals surface area (Å²) in [5, 5.41) is 21.3. The van der Waals surface area contributed by atoms with E-state index >= 15 is 0 Å². The number of hydrogen-bond donors (Lipinski definition) is 3. The first kappa shape index (κ1) is 17.8. The Balaban J connectivity index is 2.28. The van der Waals surface area contributed by atoms with Crippen LogP contribution in [-0.4, -0.2) is 52.9 Å². The van der Waals surface area contributed by atoms with E-state index in [1.165, 1.54) is 0 Å². The van der Waals surface area contributed by atoms with E-state index < -0.39 is 5.97 Å². The van der Waals surface area contributed by atoms with Crippen LogP contribution in [0.3, 0.4) is 0 Å². The van der Waals surface area contributed by atoms with E-state index in [0.717, 1.165) is 6.42 Å². The van der Waals surface area contributed by atoms with E-state index in [2.05, 4.69) is 5.32 Å². The van der Waals surface area contributed by atoms with Gasteiger partial charge in [0.15, 0.2) is 0 Å². The van der Waals surface area contributed by atoms with Gasteiger partial charge in [-0.2, -0.15) is 0 Å². The van der Waals surface area contributed by atoms with Crippen molar-refractivity contribution in [1.82, 2.24) is 10.2 Å². The molecule has 1 rings (SSSR count). The average Bonchev–Trinajstić information content (AvgIpc) is 2.39. The topological polar surface area (TPSA) is 89.9 Å². The fourth-order valence-electron chi connectivity index (χ4n) is 2.51. The predicted octanol–water partition coefficient (Wildman–Crippen LogP) is 1.68. The molecule has 2 amide bonds. The minimum atomic E-state index is -0.784. The average molecular weight is 300 g/mol. The molecule has 2 unspecified atom stereocenters. The minimum Gasteiger partial charge on any atom is -0.481 e. The number of nitrogens with zero attached hydrogens (tertiary/aromatic N) is 1. The lowest BCUT2D eigenvalue weighted by molar-refractivity contribution is -0.137. The molecule has 0 spiro atoms. The number of nitrogens with one attached hydrogen (secondary N) is 1. The van der Waals surface area contributed by atoms with Crippen LogP contribution in [0.1, 0.15) is 46.5 Å². The maximum atomic E-state index is 12.0. The third-order valence-corrected chi connectivity index (χ3v) is 4.24. The van der Waals surface area contributed by atoms with Crippen LogP contribution in [0.4, 0.5) is 4.79 Å². The lowest BCUT2D eigenvalue weighted by atomic mass is 9.84. The second-order valence-electron chi connectivity index (χ2n) is 6.82. The molecule has 1 heterocycles. The number of carboxylic acids is 1. The van der Waals surface area contributed by atoms with Crippen LogP contribution >= 0.6 is 0 Å². The zero-order valence-electron chi connectivity index (χ0n) is 13.3. The number of carboxylic acid groups (broad SMARTS) is 1. The molecule has 1 fully saturated rings. The van der Waals surface area contributed by atoms with E-state index in [0.29, 0.717) is 32.5 Å². The summed E-state index contributed by atoms with van der Waals surface area (Å²) < 4.78 is 0. The molecular weight excluding hydrogens is 272 g/mol. The maximum absolute atomic E-state index is 12.0. The summed E-state index contributed by atoms with van der Waals surface area (Å²) in [4.78, 5) is 24.4. The number of rotatable bonds is 6. The van der Waals surface area contributed by atoms with E-state index in [-0.39, 0.29) is 29.9 Å². The summed E-state index contributed by atoms with van der Waals surface area (Å²) >= 11 is 0. The van der Waals surface area contributed by atoms with E-state index in [9.17, 15) is 14.7 Å². The Morgan fingerprint density at radius 3 is 2.57 bits per heavy atom. The van der Waals surface area contributed by atoms with Crippen molar-refractivity contribution in [3.05, 3.63) is 0 Å². The van der Waals surface area contributed by atoms with Crippen molar-refractivity contribution in [2.45, 2.75) is 52.6 Å². The normalized spacial score (nSPS) is 23.0. The molecule has 6 heteroatoms. The van der Waals surface area contributed by atoms with Gasteiger partial charge in [0.25, 0.3) is 0 Å². The molecule has 2 atom stereocenters. The van der Waals surface area contributed by atoms with Crippen molar-refractivity contribution in [2.75, 3.05) is 19.6 Å². The number of carbonyl (C=O) groups is 2. The standard InChI is InChI=1S/C15H28N2O4/c1-11-10-17(9-5-12(11)18)14(21)16-8-7-15(2,3)6-4-13(19)20/h11-12,18H,4-10H2,1-3H3,(H,16,21)(H,19,20). The highest BCUT2D eigenvalue weighted by Gasteiger charge is 2.27. The van der Waals surface area contributed by atoms with E-state index in [1.807, 2.05) is 20.8 Å². The number of aliphatic hydroxyl groups excluding tert-OH is 1. The van der Waals surface area contributed by atoms with Gasteiger partial charge in [0.1, 0.15) is 0 Å². The van der Waals surface area contributed by atoms with Crippen molar-refractivity contribution in [2.24, 2.45) is 11.3 Å². The summed E-state index contributed by atoms with van der Waals surface area (Å²) in [5.41, 5.74) is -0.100. The van der Waals surface area contributed by atoms with Gasteiger partial charge in [-0.3, -0.25) is 4.79 Å². The van der Waals surface area contributed by atoms with Gasteiger partial charge in [-0.15, -0.1) is 0 Å². The number of piperidine rings is 1. The molecule has 1 aliphatic rings. The van der Waals surface area contributed by atoms with Crippen LogP contribution in [0.2, 0.25) is 0 Å². The second-order valence-corrected chi connectivity index (χ2v) is 6.82. The predicted molar refractivity (Wildman–Crippen MR) is 80.0 cm³/mol. The van der Waals surface area contributed by atoms with Crippen LogP contribution in [0.15, 0.2) is 0 Å². The highest BCUT2D eigenvalue weighted by Crippen LogP contribution is 2.26. The zero-order chi connectivity index (χ0) is 16.0. The number of hydrogen-bond acceptors (Lipinski definition) is 3. The molecule has 0 aromatic carbocycles. The summed E-state index contributed by atoms with van der Waals surface area (Å²) in [6.07, 6.45) is 1.81. The number of likely N-dealkylation sites (tertiary alicyclic amines) is 1. The van der Waals surface area contributed by atoms with E-state index in [4.69, 9.17) is 5.11 Å². The first-order valence-electron chi connectivity index (χ1n) is 7.64. The van der Waals surface area contributed by atoms with Gasteiger partial charge in [-0.1, -0.05) is 20.8 Å². The van der Waals surface area contributed by atoms with Crippen molar-refractivity contribution < 1.29 is 19.8 Å². The highest BCUT2D eigenvalue weighted by molar-refractivity contribution is 5.74. The Kier molecular flexibility index (Phi) is 6.45. The van der Waals surface area contributed by atoms with Crippen LogP contribution in [0.25, 0.3) is 0 Å². The molecule has 0 saturated carbocycles. The van der Waals surface area contributed by atoms with Crippen molar-refractivity contribution in [3.8, 4) is 0 Å². The zero-order valence-corrected chi connectivity index (χ0v) is 13.3. The van der Waals surface area contributed by atoms with Gasteiger partial charge < -0.3 is 20.4 Å². The number of amides is 2. The SMILES string of the molecule is CC1CN(C(=O)NCCC(C)(C)CCC(=O)O)CCC1O. The largest absolute Gasteiger partial charge is 0.481 e. The van der Waals surface area contributed by atoms with Gasteiger partial charge in [-0.25, -0.2) is 4.79 Å². The quantitative estimate of drug-likeness (QED) is 0.696. The minimum absolute atomic E-state index is 0.0946. The fraction of sp³-hybridized carbons (Fsp3) is 0.867. The van der Waals surface area contributed by atoms with Crippen LogP contribution < -0.4 is 5.32 Å². The van der Waals surface area contributed by atoms with Gasteiger partial charge >= 0.3 is 12.0 Å². The van der Waals surface area contributed by atoms with Crippen LogP contribution in [0, 0.1) is 11.3 Å². The molecule has 0 bridgehead atoms. The van der Waals surface area contributed by atoms with Crippen LogP contribution in [0.5, 0.6) is 0 Å². The summed E-state index contributed by atoms with van der Waals surface area (Å²) in [5.74, 6) is -0.676. The second kappa shape index (κ2) is 7.64. The Bertz CT molecular complexity index is 371. The van der Waals surface area contributed by atoms with Gasteiger partial charge in [0.2, 0.25) is 0 Å². The Morgan fingerprint density at radius 1 is 1.33 bits per heavy atom. The fourth-order valence-corrected chi connectivity index (χ4v) is 2.51. The third kappa shape index (κ3) is 6.33. The molecule has 1 saturated heterocycles. The monoisotopic (exact) mass is 300 g/mol. The van der Waals surface area contributed by atoms with Crippen molar-refractivity contribution >= 4 is 12.0 Å². The number of aliphatic carboxylic acids is 1. The van der Waals surface area contributed by atoms with Gasteiger partial charge in [0, 0.05) is 26.1 Å². The van der Waals surface area contributed by atoms with Crippen molar-refractivity contribution in [3.63, 3.8) is 0 Å². The molecule has 6 nitrogen and oxygen atoms in total. The lowest BCUT2D eigenvalue weighted by Crippen LogP contribution is -2.49.